The van der Waals surface area contributed by atoms with Crippen LogP contribution in [0.3, 0.4) is 0 Å². The lowest BCUT2D eigenvalue weighted by molar-refractivity contribution is -0.132. The van der Waals surface area contributed by atoms with Crippen LogP contribution < -0.4 is 10.5 Å². The molecule has 0 atom stereocenters. The molecule has 4 aromatic rings. The standard InChI is InChI=1S/C23H26N6O4/c1-16-15-29(18-14-24-26-22(31)21(16)18)11-13-32-12-6-20(30)27-7-9-28(10-8-27)23-25-17-4-2-3-5-19(17)33-23/h2-5,14-15H,6-13H2,1H3,(H,26,31). The normalized spacial score (nSPS) is 14.5. The molecule has 0 aliphatic carbocycles. The molecule has 5 rings (SSSR count). The number of hydrogen-bond donors (Lipinski definition) is 1. The number of fused-ring (bicyclic) bond motifs is 2. The van der Waals surface area contributed by atoms with Crippen molar-refractivity contribution in [2.75, 3.05) is 44.3 Å². The van der Waals surface area contributed by atoms with E-state index >= 15 is 0 Å². The molecule has 10 nitrogen and oxygen atoms in total. The summed E-state index contributed by atoms with van der Waals surface area (Å²) in [5.74, 6) is 0.0882. The highest BCUT2D eigenvalue weighted by atomic mass is 16.5. The molecule has 0 bridgehead atoms. The van der Waals surface area contributed by atoms with Gasteiger partial charge in [-0.25, -0.2) is 5.10 Å². The van der Waals surface area contributed by atoms with Crippen LogP contribution >= 0.6 is 0 Å². The lowest BCUT2D eigenvalue weighted by atomic mass is 10.2. The molecule has 33 heavy (non-hydrogen) atoms. The second-order valence-electron chi connectivity index (χ2n) is 8.16. The zero-order chi connectivity index (χ0) is 22.8. The lowest BCUT2D eigenvalue weighted by Crippen LogP contribution is -2.49. The van der Waals surface area contributed by atoms with Gasteiger partial charge >= 0.3 is 0 Å². The van der Waals surface area contributed by atoms with Crippen LogP contribution in [0.25, 0.3) is 22.0 Å². The minimum absolute atomic E-state index is 0.0882. The molecule has 0 spiro atoms. The maximum atomic E-state index is 12.6. The van der Waals surface area contributed by atoms with Gasteiger partial charge in [-0.2, -0.15) is 10.1 Å². The number of aromatic amines is 1. The average Bonchev–Trinajstić information content (AvgIpc) is 3.41. The summed E-state index contributed by atoms with van der Waals surface area (Å²) in [5, 5.41) is 6.99. The molecule has 1 aliphatic rings. The number of nitrogens with one attached hydrogen (secondary N) is 1. The number of oxazole rings is 1. The van der Waals surface area contributed by atoms with Gasteiger partial charge in [-0.1, -0.05) is 12.1 Å². The molecule has 0 radical (unpaired) electrons. The smallest absolute Gasteiger partial charge is 0.298 e. The second kappa shape index (κ2) is 9.07. The highest BCUT2D eigenvalue weighted by molar-refractivity contribution is 5.81. The first-order chi connectivity index (χ1) is 16.1. The zero-order valence-electron chi connectivity index (χ0n) is 18.5. The molecule has 0 unspecified atom stereocenters. The first kappa shape index (κ1) is 21.2. The SMILES string of the molecule is Cc1cn(CCOCCC(=O)N2CCN(c3nc4ccccc4o3)CC2)c2cn[nH]c(=O)c12. The number of carbonyl (C=O) groups is 1. The van der Waals surface area contributed by atoms with Gasteiger partial charge in [0, 0.05) is 38.9 Å². The number of nitrogens with zero attached hydrogens (tertiary/aromatic N) is 5. The lowest BCUT2D eigenvalue weighted by Gasteiger charge is -2.33. The van der Waals surface area contributed by atoms with Crippen molar-refractivity contribution in [3.05, 3.63) is 52.6 Å². The first-order valence-corrected chi connectivity index (χ1v) is 11.1. The third-order valence-electron chi connectivity index (χ3n) is 6.01. The van der Waals surface area contributed by atoms with Gasteiger partial charge in [0.25, 0.3) is 11.6 Å². The molecular weight excluding hydrogens is 424 g/mol. The van der Waals surface area contributed by atoms with E-state index in [0.717, 1.165) is 22.2 Å². The number of para-hydroxylation sites is 2. The minimum atomic E-state index is -0.188. The maximum absolute atomic E-state index is 12.6. The Morgan fingerprint density at radius 1 is 1.18 bits per heavy atom. The molecule has 10 heteroatoms. The zero-order valence-corrected chi connectivity index (χ0v) is 18.5. The monoisotopic (exact) mass is 450 g/mol. The van der Waals surface area contributed by atoms with Gasteiger partial charge in [0.15, 0.2) is 5.58 Å². The van der Waals surface area contributed by atoms with Crippen LogP contribution in [0.5, 0.6) is 0 Å². The Balaban J connectivity index is 1.06. The molecular formula is C23H26N6O4. The predicted octanol–water partition coefficient (Wildman–Crippen LogP) is 1.93. The Morgan fingerprint density at radius 3 is 2.82 bits per heavy atom. The molecule has 4 heterocycles. The number of carbonyl (C=O) groups excluding carboxylic acids is 1. The van der Waals surface area contributed by atoms with Gasteiger partial charge in [0.2, 0.25) is 5.91 Å². The Morgan fingerprint density at radius 2 is 2.00 bits per heavy atom. The molecule has 1 N–H and O–H groups in total. The average molecular weight is 450 g/mol. The van der Waals surface area contributed by atoms with Crippen molar-refractivity contribution in [3.8, 4) is 0 Å². The molecule has 1 aliphatic heterocycles. The topological polar surface area (TPSA) is 109 Å². The van der Waals surface area contributed by atoms with Gasteiger partial charge in [-0.3, -0.25) is 9.59 Å². The van der Waals surface area contributed by atoms with Gasteiger partial charge in [-0.15, -0.1) is 0 Å². The predicted molar refractivity (Wildman–Crippen MR) is 123 cm³/mol. The van der Waals surface area contributed by atoms with Crippen LogP contribution in [0, 0.1) is 6.92 Å². The third-order valence-corrected chi connectivity index (χ3v) is 6.01. The number of ether oxygens (including phenoxy) is 1. The molecule has 3 aromatic heterocycles. The summed E-state index contributed by atoms with van der Waals surface area (Å²) >= 11 is 0. The fourth-order valence-electron chi connectivity index (χ4n) is 4.27. The van der Waals surface area contributed by atoms with Gasteiger partial charge in [0.1, 0.15) is 5.52 Å². The number of H-pyrrole nitrogens is 1. The Labute approximate surface area is 189 Å². The summed E-state index contributed by atoms with van der Waals surface area (Å²) < 4.78 is 13.5. The molecule has 0 saturated carbocycles. The largest absolute Gasteiger partial charge is 0.423 e. The number of anilines is 1. The highest BCUT2D eigenvalue weighted by Crippen LogP contribution is 2.22. The van der Waals surface area contributed by atoms with Crippen LogP contribution in [0.15, 0.2) is 45.9 Å². The number of aryl methyl sites for hydroxylation is 1. The van der Waals surface area contributed by atoms with Crippen molar-refractivity contribution in [1.82, 2.24) is 24.6 Å². The number of amides is 1. The molecule has 1 saturated heterocycles. The fourth-order valence-corrected chi connectivity index (χ4v) is 4.27. The Kier molecular flexibility index (Phi) is 5.82. The van der Waals surface area contributed by atoms with Crippen molar-refractivity contribution in [2.45, 2.75) is 19.9 Å². The van der Waals surface area contributed by atoms with Crippen molar-refractivity contribution in [1.29, 1.82) is 0 Å². The number of hydrogen-bond acceptors (Lipinski definition) is 7. The molecule has 1 aromatic carbocycles. The van der Waals surface area contributed by atoms with E-state index in [1.165, 1.54) is 0 Å². The number of rotatable bonds is 7. The van der Waals surface area contributed by atoms with E-state index in [1.807, 2.05) is 46.9 Å². The summed E-state index contributed by atoms with van der Waals surface area (Å²) in [4.78, 5) is 33.0. The van der Waals surface area contributed by atoms with E-state index in [2.05, 4.69) is 20.1 Å². The van der Waals surface area contributed by atoms with Crippen LogP contribution in [-0.4, -0.2) is 69.9 Å². The van der Waals surface area contributed by atoms with Crippen LogP contribution in [0.1, 0.15) is 12.0 Å². The van der Waals surface area contributed by atoms with Gasteiger partial charge < -0.3 is 23.5 Å². The fraction of sp³-hybridized carbons (Fsp3) is 0.391. The quantitative estimate of drug-likeness (QED) is 0.429. The summed E-state index contributed by atoms with van der Waals surface area (Å²) in [7, 11) is 0. The molecule has 1 fully saturated rings. The van der Waals surface area contributed by atoms with E-state index in [0.29, 0.717) is 63.8 Å². The van der Waals surface area contributed by atoms with Crippen LogP contribution in [-0.2, 0) is 16.1 Å². The number of piperazine rings is 1. The van der Waals surface area contributed by atoms with Gasteiger partial charge in [-0.05, 0) is 24.6 Å². The van der Waals surface area contributed by atoms with Crippen molar-refractivity contribution < 1.29 is 13.9 Å². The van der Waals surface area contributed by atoms with E-state index in [-0.39, 0.29) is 11.5 Å². The van der Waals surface area contributed by atoms with E-state index in [1.54, 1.807) is 6.20 Å². The minimum Gasteiger partial charge on any atom is -0.423 e. The van der Waals surface area contributed by atoms with E-state index < -0.39 is 0 Å². The summed E-state index contributed by atoms with van der Waals surface area (Å²) in [6, 6.07) is 8.31. The summed E-state index contributed by atoms with van der Waals surface area (Å²) in [6.45, 7) is 5.95. The maximum Gasteiger partial charge on any atom is 0.298 e. The number of benzene rings is 1. The van der Waals surface area contributed by atoms with Crippen molar-refractivity contribution in [3.63, 3.8) is 0 Å². The highest BCUT2D eigenvalue weighted by Gasteiger charge is 2.23. The van der Waals surface area contributed by atoms with Crippen molar-refractivity contribution in [2.24, 2.45) is 0 Å². The Bertz CT molecular complexity index is 1300. The second-order valence-corrected chi connectivity index (χ2v) is 8.16. The summed E-state index contributed by atoms with van der Waals surface area (Å²) in [6.07, 6.45) is 3.91. The van der Waals surface area contributed by atoms with E-state index in [4.69, 9.17) is 9.15 Å². The first-order valence-electron chi connectivity index (χ1n) is 11.1. The third kappa shape index (κ3) is 4.34. The van der Waals surface area contributed by atoms with Gasteiger partial charge in [0.05, 0.1) is 36.7 Å². The van der Waals surface area contributed by atoms with Crippen LogP contribution in [0.2, 0.25) is 0 Å². The van der Waals surface area contributed by atoms with E-state index in [9.17, 15) is 9.59 Å². The van der Waals surface area contributed by atoms with Crippen LogP contribution in [0.4, 0.5) is 6.01 Å². The Hall–Kier alpha value is -3.66. The number of aromatic nitrogens is 4. The molecule has 172 valence electrons. The van der Waals surface area contributed by atoms with Crippen molar-refractivity contribution >= 4 is 33.9 Å². The molecule has 1 amide bonds. The summed E-state index contributed by atoms with van der Waals surface area (Å²) in [5.41, 5.74) is 3.11.